The van der Waals surface area contributed by atoms with E-state index >= 15 is 0 Å². The van der Waals surface area contributed by atoms with E-state index in [2.05, 4.69) is 6.58 Å². The van der Waals surface area contributed by atoms with Crippen molar-refractivity contribution in [2.45, 2.75) is 11.8 Å². The quantitative estimate of drug-likeness (QED) is 0.630. The first-order valence-electron chi connectivity index (χ1n) is 5.18. The van der Waals surface area contributed by atoms with Crippen molar-refractivity contribution in [3.8, 4) is 0 Å². The molecule has 0 aliphatic heterocycles. The molecule has 0 fully saturated rings. The van der Waals surface area contributed by atoms with Gasteiger partial charge < -0.3 is 4.90 Å². The van der Waals surface area contributed by atoms with Crippen LogP contribution in [0.15, 0.2) is 35.7 Å². The number of nitrogens with zero attached hydrogens (tertiary/aromatic N) is 1. The van der Waals surface area contributed by atoms with Crippen molar-refractivity contribution in [3.05, 3.63) is 42.0 Å². The molecule has 0 aliphatic carbocycles. The van der Waals surface area contributed by atoms with E-state index in [4.69, 9.17) is 10.7 Å². The zero-order chi connectivity index (χ0) is 13.9. The number of hydrogen-bond acceptors (Lipinski definition) is 3. The molecule has 4 nitrogen and oxygen atoms in total. The summed E-state index contributed by atoms with van der Waals surface area (Å²) in [7, 11) is 3.05. The van der Waals surface area contributed by atoms with E-state index in [1.807, 2.05) is 0 Å². The largest absolute Gasteiger partial charge is 0.338 e. The molecule has 98 valence electrons. The number of rotatable bonds is 4. The number of carbonyl (C=O) groups excluding carboxylic acids is 1. The minimum atomic E-state index is -3.84. The van der Waals surface area contributed by atoms with Gasteiger partial charge >= 0.3 is 0 Å². The number of aryl methyl sites for hydroxylation is 1. The first-order valence-corrected chi connectivity index (χ1v) is 7.49. The maximum atomic E-state index is 12.0. The highest BCUT2D eigenvalue weighted by atomic mass is 35.7. The topological polar surface area (TPSA) is 54.5 Å². The monoisotopic (exact) mass is 287 g/mol. The third kappa shape index (κ3) is 3.58. The second-order valence-electron chi connectivity index (χ2n) is 3.95. The Morgan fingerprint density at radius 1 is 1.44 bits per heavy atom. The molecule has 0 unspecified atom stereocenters. The van der Waals surface area contributed by atoms with E-state index in [0.29, 0.717) is 17.7 Å². The van der Waals surface area contributed by atoms with Crippen molar-refractivity contribution >= 4 is 25.6 Å². The third-order valence-corrected chi connectivity index (χ3v) is 3.66. The normalized spacial score (nSPS) is 11.1. The molecule has 0 bridgehead atoms. The van der Waals surface area contributed by atoms with Gasteiger partial charge in [0.25, 0.3) is 15.0 Å². The van der Waals surface area contributed by atoms with Gasteiger partial charge in [0.1, 0.15) is 0 Å². The molecule has 0 saturated carbocycles. The summed E-state index contributed by atoms with van der Waals surface area (Å²) < 4.78 is 22.6. The summed E-state index contributed by atoms with van der Waals surface area (Å²) in [5, 5.41) is 0. The van der Waals surface area contributed by atoms with Gasteiger partial charge in [0.05, 0.1) is 4.90 Å². The Bertz CT molecular complexity index is 581. The molecule has 6 heteroatoms. The number of hydrogen-bond donors (Lipinski definition) is 0. The number of carbonyl (C=O) groups is 1. The zero-order valence-corrected chi connectivity index (χ0v) is 11.8. The van der Waals surface area contributed by atoms with Gasteiger partial charge in [-0.05, 0) is 30.7 Å². The number of benzene rings is 1. The predicted molar refractivity (Wildman–Crippen MR) is 71.4 cm³/mol. The van der Waals surface area contributed by atoms with Crippen molar-refractivity contribution in [1.29, 1.82) is 0 Å². The maximum Gasteiger partial charge on any atom is 0.261 e. The van der Waals surface area contributed by atoms with Gasteiger partial charge in [0.15, 0.2) is 0 Å². The van der Waals surface area contributed by atoms with Crippen molar-refractivity contribution in [2.75, 3.05) is 13.6 Å². The van der Waals surface area contributed by atoms with Gasteiger partial charge in [-0.1, -0.05) is 6.08 Å². The van der Waals surface area contributed by atoms with Crippen molar-refractivity contribution in [1.82, 2.24) is 4.90 Å². The molecule has 0 aliphatic rings. The Kier molecular flexibility index (Phi) is 4.53. The molecule has 1 amide bonds. The summed E-state index contributed by atoms with van der Waals surface area (Å²) in [5.41, 5.74) is 0.950. The number of amides is 1. The zero-order valence-electron chi connectivity index (χ0n) is 10.2. The van der Waals surface area contributed by atoms with Crippen LogP contribution in [0.5, 0.6) is 0 Å². The summed E-state index contributed by atoms with van der Waals surface area (Å²) in [4.78, 5) is 13.4. The summed E-state index contributed by atoms with van der Waals surface area (Å²) in [6.45, 7) is 5.63. The molecule has 0 atom stereocenters. The van der Waals surface area contributed by atoms with Gasteiger partial charge in [0, 0.05) is 29.8 Å². The minimum absolute atomic E-state index is 0.0699. The standard InChI is InChI=1S/C12H14ClNO3S/c1-4-5-14(3)12(15)10-6-9(2)7-11(8-10)18(13,16)17/h4,6-8H,1,5H2,2-3H3. The fraction of sp³-hybridized carbons (Fsp3) is 0.250. The van der Waals surface area contributed by atoms with Crippen molar-refractivity contribution < 1.29 is 13.2 Å². The predicted octanol–water partition coefficient (Wildman–Crippen LogP) is 2.18. The molecule has 0 aromatic heterocycles. The highest BCUT2D eigenvalue weighted by molar-refractivity contribution is 8.13. The Labute approximate surface area is 111 Å². The van der Waals surface area contributed by atoms with E-state index < -0.39 is 9.05 Å². The van der Waals surface area contributed by atoms with Crippen LogP contribution in [0.25, 0.3) is 0 Å². The van der Waals surface area contributed by atoms with E-state index in [-0.39, 0.29) is 10.8 Å². The molecule has 18 heavy (non-hydrogen) atoms. The van der Waals surface area contributed by atoms with Gasteiger partial charge in [-0.3, -0.25) is 4.79 Å². The lowest BCUT2D eigenvalue weighted by Crippen LogP contribution is -2.26. The Balaban J connectivity index is 3.22. The minimum Gasteiger partial charge on any atom is -0.338 e. The smallest absolute Gasteiger partial charge is 0.261 e. The molecular formula is C12H14ClNO3S. The summed E-state index contributed by atoms with van der Waals surface area (Å²) in [6.07, 6.45) is 1.59. The lowest BCUT2D eigenvalue weighted by atomic mass is 10.1. The highest BCUT2D eigenvalue weighted by Crippen LogP contribution is 2.19. The Morgan fingerprint density at radius 3 is 2.56 bits per heavy atom. The maximum absolute atomic E-state index is 12.0. The molecule has 0 saturated heterocycles. The fourth-order valence-corrected chi connectivity index (χ4v) is 2.37. The molecule has 0 N–H and O–H groups in total. The van der Waals surface area contributed by atoms with Crippen molar-refractivity contribution in [2.24, 2.45) is 0 Å². The fourth-order valence-electron chi connectivity index (χ4n) is 1.51. The van der Waals surface area contributed by atoms with Crippen LogP contribution < -0.4 is 0 Å². The molecule has 1 aromatic carbocycles. The van der Waals surface area contributed by atoms with Gasteiger partial charge in [-0.25, -0.2) is 8.42 Å². The van der Waals surface area contributed by atoms with Gasteiger partial charge in [-0.15, -0.1) is 6.58 Å². The first-order chi connectivity index (χ1) is 8.25. The molecule has 0 radical (unpaired) electrons. The molecule has 1 aromatic rings. The van der Waals surface area contributed by atoms with E-state index in [1.54, 1.807) is 26.1 Å². The molecule has 0 heterocycles. The van der Waals surface area contributed by atoms with Crippen LogP contribution in [0.4, 0.5) is 0 Å². The number of halogens is 1. The van der Waals surface area contributed by atoms with Crippen LogP contribution in [-0.2, 0) is 9.05 Å². The van der Waals surface area contributed by atoms with Crippen molar-refractivity contribution in [3.63, 3.8) is 0 Å². The van der Waals surface area contributed by atoms with Gasteiger partial charge in [0.2, 0.25) is 0 Å². The first kappa shape index (κ1) is 14.7. The SMILES string of the molecule is C=CCN(C)C(=O)c1cc(C)cc(S(=O)(=O)Cl)c1. The molecular weight excluding hydrogens is 274 g/mol. The van der Waals surface area contributed by atoms with E-state index in [0.717, 1.165) is 0 Å². The Hall–Kier alpha value is -1.33. The average Bonchev–Trinajstić information content (AvgIpc) is 2.26. The lowest BCUT2D eigenvalue weighted by Gasteiger charge is -2.15. The second-order valence-corrected chi connectivity index (χ2v) is 6.51. The molecule has 1 rings (SSSR count). The third-order valence-electron chi connectivity index (χ3n) is 2.33. The second kappa shape index (κ2) is 5.54. The lowest BCUT2D eigenvalue weighted by molar-refractivity contribution is 0.0810. The van der Waals surface area contributed by atoms with E-state index in [9.17, 15) is 13.2 Å². The average molecular weight is 288 g/mol. The summed E-state index contributed by atoms with van der Waals surface area (Å²) in [6, 6.07) is 4.32. The van der Waals surface area contributed by atoms with Crippen LogP contribution >= 0.6 is 10.7 Å². The van der Waals surface area contributed by atoms with E-state index in [1.165, 1.54) is 17.0 Å². The summed E-state index contributed by atoms with van der Waals surface area (Å²) >= 11 is 0. The highest BCUT2D eigenvalue weighted by Gasteiger charge is 2.16. The summed E-state index contributed by atoms with van der Waals surface area (Å²) in [5.74, 6) is -0.278. The number of likely N-dealkylation sites (N-methyl/N-ethyl adjacent to an activating group) is 1. The molecule has 0 spiro atoms. The van der Waals surface area contributed by atoms with Crippen LogP contribution in [0.1, 0.15) is 15.9 Å². The van der Waals surface area contributed by atoms with Crippen LogP contribution in [0.3, 0.4) is 0 Å². The van der Waals surface area contributed by atoms with Crippen LogP contribution in [0.2, 0.25) is 0 Å². The van der Waals surface area contributed by atoms with Crippen LogP contribution in [0, 0.1) is 6.92 Å². The van der Waals surface area contributed by atoms with Gasteiger partial charge in [-0.2, -0.15) is 0 Å². The van der Waals surface area contributed by atoms with Crippen LogP contribution in [-0.4, -0.2) is 32.8 Å². The Morgan fingerprint density at radius 2 is 2.06 bits per heavy atom.